The van der Waals surface area contributed by atoms with E-state index < -0.39 is 0 Å². The molecule has 128 valence electrons. The normalized spacial score (nSPS) is 11.2. The standard InChI is InChI=1S/C18H24N4OS/c1-3-19-17(23)15-8-5-7-14(11-15)12-21-18(20-4-2)22-13-16-9-6-10-24-16/h5-11H,3-4,12-13H2,1-2H3,(H,19,23)(H2,20,21,22). The molecular formula is C18H24N4OS. The Balaban J connectivity index is 1.99. The zero-order chi connectivity index (χ0) is 17.2. The van der Waals surface area contributed by atoms with Crippen LogP contribution in [-0.4, -0.2) is 25.0 Å². The van der Waals surface area contributed by atoms with E-state index >= 15 is 0 Å². The molecule has 1 heterocycles. The van der Waals surface area contributed by atoms with E-state index in [0.29, 0.717) is 18.7 Å². The molecule has 24 heavy (non-hydrogen) atoms. The summed E-state index contributed by atoms with van der Waals surface area (Å²) in [5.41, 5.74) is 1.67. The van der Waals surface area contributed by atoms with Crippen LogP contribution in [0.1, 0.15) is 34.6 Å². The van der Waals surface area contributed by atoms with Crippen LogP contribution >= 0.6 is 11.3 Å². The Morgan fingerprint density at radius 3 is 2.62 bits per heavy atom. The first-order chi connectivity index (χ1) is 11.7. The predicted octanol–water partition coefficient (Wildman–Crippen LogP) is 2.75. The third-order valence-electron chi connectivity index (χ3n) is 3.30. The van der Waals surface area contributed by atoms with Crippen LogP contribution in [0.2, 0.25) is 0 Å². The number of aliphatic imine (C=N–C) groups is 1. The van der Waals surface area contributed by atoms with Crippen LogP contribution in [-0.2, 0) is 13.1 Å². The van der Waals surface area contributed by atoms with Gasteiger partial charge in [0, 0.05) is 23.5 Å². The highest BCUT2D eigenvalue weighted by Crippen LogP contribution is 2.08. The van der Waals surface area contributed by atoms with Gasteiger partial charge in [-0.15, -0.1) is 11.3 Å². The van der Waals surface area contributed by atoms with Crippen molar-refractivity contribution < 1.29 is 4.79 Å². The number of benzene rings is 1. The van der Waals surface area contributed by atoms with E-state index in [0.717, 1.165) is 24.6 Å². The van der Waals surface area contributed by atoms with Gasteiger partial charge in [-0.1, -0.05) is 18.2 Å². The van der Waals surface area contributed by atoms with E-state index in [4.69, 9.17) is 0 Å². The number of thiophene rings is 1. The number of hydrogen-bond acceptors (Lipinski definition) is 3. The highest BCUT2D eigenvalue weighted by Gasteiger charge is 2.05. The van der Waals surface area contributed by atoms with Gasteiger partial charge in [0.05, 0.1) is 13.1 Å². The summed E-state index contributed by atoms with van der Waals surface area (Å²) in [5, 5.41) is 11.4. The molecule has 2 rings (SSSR count). The van der Waals surface area contributed by atoms with Crippen molar-refractivity contribution in [2.75, 3.05) is 13.1 Å². The number of rotatable bonds is 7. The summed E-state index contributed by atoms with van der Waals surface area (Å²) in [6.07, 6.45) is 0. The zero-order valence-corrected chi connectivity index (χ0v) is 15.0. The summed E-state index contributed by atoms with van der Waals surface area (Å²) in [7, 11) is 0. The Labute approximate surface area is 147 Å². The van der Waals surface area contributed by atoms with Crippen molar-refractivity contribution in [3.63, 3.8) is 0 Å². The molecule has 0 unspecified atom stereocenters. The van der Waals surface area contributed by atoms with Gasteiger partial charge in [-0.05, 0) is 43.0 Å². The molecule has 0 fully saturated rings. The second-order valence-electron chi connectivity index (χ2n) is 5.19. The van der Waals surface area contributed by atoms with E-state index in [2.05, 4.69) is 32.4 Å². The van der Waals surface area contributed by atoms with Gasteiger partial charge in [-0.3, -0.25) is 4.79 Å². The minimum Gasteiger partial charge on any atom is -0.357 e. The molecule has 0 aliphatic carbocycles. The number of guanidine groups is 1. The molecule has 0 aliphatic heterocycles. The van der Waals surface area contributed by atoms with Crippen LogP contribution in [0.5, 0.6) is 0 Å². The summed E-state index contributed by atoms with van der Waals surface area (Å²) in [6, 6.07) is 11.7. The first-order valence-electron chi connectivity index (χ1n) is 8.14. The largest absolute Gasteiger partial charge is 0.357 e. The van der Waals surface area contributed by atoms with Gasteiger partial charge in [-0.25, -0.2) is 4.99 Å². The number of carbonyl (C=O) groups excluding carboxylic acids is 1. The molecule has 0 radical (unpaired) electrons. The Hall–Kier alpha value is -2.34. The summed E-state index contributed by atoms with van der Waals surface area (Å²) in [6.45, 7) is 6.65. The van der Waals surface area contributed by atoms with Crippen LogP contribution in [0.25, 0.3) is 0 Å². The fraction of sp³-hybridized carbons (Fsp3) is 0.333. The summed E-state index contributed by atoms with van der Waals surface area (Å²) in [4.78, 5) is 17.8. The number of amides is 1. The maximum Gasteiger partial charge on any atom is 0.251 e. The minimum absolute atomic E-state index is 0.0499. The lowest BCUT2D eigenvalue weighted by Gasteiger charge is -2.10. The van der Waals surface area contributed by atoms with Gasteiger partial charge in [0.1, 0.15) is 0 Å². The van der Waals surface area contributed by atoms with Gasteiger partial charge in [0.15, 0.2) is 5.96 Å². The molecule has 1 aromatic carbocycles. The lowest BCUT2D eigenvalue weighted by molar-refractivity contribution is 0.0955. The molecule has 5 nitrogen and oxygen atoms in total. The Kier molecular flexibility index (Phi) is 7.29. The van der Waals surface area contributed by atoms with Gasteiger partial charge in [0.2, 0.25) is 0 Å². The SMILES string of the molecule is CCNC(=O)c1cccc(CN=C(NCC)NCc2cccs2)c1. The van der Waals surface area contributed by atoms with Crippen molar-refractivity contribution in [3.05, 3.63) is 57.8 Å². The van der Waals surface area contributed by atoms with E-state index in [1.54, 1.807) is 11.3 Å². The Bertz CT molecular complexity index is 667. The van der Waals surface area contributed by atoms with Crippen LogP contribution in [0.15, 0.2) is 46.8 Å². The quantitative estimate of drug-likeness (QED) is 0.534. The predicted molar refractivity (Wildman–Crippen MR) is 100 cm³/mol. The number of hydrogen-bond donors (Lipinski definition) is 3. The van der Waals surface area contributed by atoms with Crippen molar-refractivity contribution in [2.24, 2.45) is 4.99 Å². The van der Waals surface area contributed by atoms with Crippen LogP contribution in [0, 0.1) is 0 Å². The molecule has 0 bridgehead atoms. The fourth-order valence-corrected chi connectivity index (χ4v) is 2.81. The molecule has 0 saturated carbocycles. The van der Waals surface area contributed by atoms with Crippen molar-refractivity contribution in [1.82, 2.24) is 16.0 Å². The smallest absolute Gasteiger partial charge is 0.251 e. The lowest BCUT2D eigenvalue weighted by Crippen LogP contribution is -2.36. The number of nitrogens with zero attached hydrogens (tertiary/aromatic N) is 1. The molecule has 1 amide bonds. The molecule has 3 N–H and O–H groups in total. The monoisotopic (exact) mass is 344 g/mol. The van der Waals surface area contributed by atoms with E-state index in [1.807, 2.05) is 44.2 Å². The highest BCUT2D eigenvalue weighted by molar-refractivity contribution is 7.09. The van der Waals surface area contributed by atoms with Crippen molar-refractivity contribution in [1.29, 1.82) is 0 Å². The zero-order valence-electron chi connectivity index (χ0n) is 14.1. The first-order valence-corrected chi connectivity index (χ1v) is 9.02. The van der Waals surface area contributed by atoms with Gasteiger partial charge in [-0.2, -0.15) is 0 Å². The topological polar surface area (TPSA) is 65.5 Å². The van der Waals surface area contributed by atoms with Gasteiger partial charge >= 0.3 is 0 Å². The third-order valence-corrected chi connectivity index (χ3v) is 4.18. The summed E-state index contributed by atoms with van der Waals surface area (Å²) >= 11 is 1.72. The fourth-order valence-electron chi connectivity index (χ4n) is 2.17. The van der Waals surface area contributed by atoms with Gasteiger partial charge < -0.3 is 16.0 Å². The summed E-state index contributed by atoms with van der Waals surface area (Å²) < 4.78 is 0. The third kappa shape index (κ3) is 5.70. The molecule has 0 aliphatic rings. The first kappa shape index (κ1) is 18.0. The maximum absolute atomic E-state index is 11.9. The number of nitrogens with one attached hydrogen (secondary N) is 3. The van der Waals surface area contributed by atoms with Crippen molar-refractivity contribution in [3.8, 4) is 0 Å². The maximum atomic E-state index is 11.9. The molecule has 0 saturated heterocycles. The average Bonchev–Trinajstić information content (AvgIpc) is 3.11. The molecule has 1 aromatic heterocycles. The van der Waals surface area contributed by atoms with Crippen LogP contribution < -0.4 is 16.0 Å². The molecule has 0 spiro atoms. The van der Waals surface area contributed by atoms with Crippen LogP contribution in [0.4, 0.5) is 0 Å². The van der Waals surface area contributed by atoms with Crippen LogP contribution in [0.3, 0.4) is 0 Å². The second-order valence-corrected chi connectivity index (χ2v) is 6.22. The van der Waals surface area contributed by atoms with E-state index in [9.17, 15) is 4.79 Å². The van der Waals surface area contributed by atoms with Crippen molar-refractivity contribution in [2.45, 2.75) is 26.9 Å². The van der Waals surface area contributed by atoms with Crippen molar-refractivity contribution >= 4 is 23.2 Å². The summed E-state index contributed by atoms with van der Waals surface area (Å²) in [5.74, 6) is 0.723. The van der Waals surface area contributed by atoms with E-state index in [-0.39, 0.29) is 5.91 Å². The Morgan fingerprint density at radius 1 is 1.08 bits per heavy atom. The molecule has 0 atom stereocenters. The second kappa shape index (κ2) is 9.72. The Morgan fingerprint density at radius 2 is 1.92 bits per heavy atom. The number of carbonyl (C=O) groups is 1. The van der Waals surface area contributed by atoms with E-state index in [1.165, 1.54) is 4.88 Å². The molecular weight excluding hydrogens is 320 g/mol. The minimum atomic E-state index is -0.0499. The van der Waals surface area contributed by atoms with Gasteiger partial charge in [0.25, 0.3) is 5.91 Å². The highest BCUT2D eigenvalue weighted by atomic mass is 32.1. The average molecular weight is 344 g/mol. The molecule has 2 aromatic rings. The lowest BCUT2D eigenvalue weighted by atomic mass is 10.1. The molecule has 6 heteroatoms.